The SMILES string of the molecule is CC(C)C[C@H](CCC(=O)O)C(=O)SC(C)(C)C. The molecule has 0 aromatic rings. The van der Waals surface area contributed by atoms with Gasteiger partial charge in [0.05, 0.1) is 0 Å². The minimum atomic E-state index is -0.827. The summed E-state index contributed by atoms with van der Waals surface area (Å²) in [5, 5.41) is 8.82. The largest absolute Gasteiger partial charge is 0.481 e. The van der Waals surface area contributed by atoms with Crippen molar-refractivity contribution in [1.29, 1.82) is 0 Å². The van der Waals surface area contributed by atoms with E-state index < -0.39 is 5.97 Å². The van der Waals surface area contributed by atoms with Gasteiger partial charge in [0.2, 0.25) is 0 Å². The van der Waals surface area contributed by atoms with Crippen molar-refractivity contribution in [3.63, 3.8) is 0 Å². The van der Waals surface area contributed by atoms with Gasteiger partial charge < -0.3 is 5.11 Å². The van der Waals surface area contributed by atoms with Gasteiger partial charge in [-0.3, -0.25) is 9.59 Å². The van der Waals surface area contributed by atoms with Gasteiger partial charge in [-0.1, -0.05) is 46.4 Å². The summed E-state index contributed by atoms with van der Waals surface area (Å²) >= 11 is 1.33. The fourth-order valence-corrected chi connectivity index (χ4v) is 2.57. The topological polar surface area (TPSA) is 54.4 Å². The minimum absolute atomic E-state index is 0.0772. The van der Waals surface area contributed by atoms with Gasteiger partial charge in [-0.2, -0.15) is 0 Å². The summed E-state index contributed by atoms with van der Waals surface area (Å²) in [4.78, 5) is 22.7. The van der Waals surface area contributed by atoms with Crippen LogP contribution in [-0.4, -0.2) is 20.9 Å². The zero-order valence-corrected chi connectivity index (χ0v) is 12.3. The molecule has 0 aliphatic heterocycles. The Morgan fingerprint density at radius 3 is 2.12 bits per heavy atom. The van der Waals surface area contributed by atoms with E-state index in [4.69, 9.17) is 5.11 Å². The number of carboxylic acids is 1. The summed E-state index contributed by atoms with van der Waals surface area (Å²) in [6, 6.07) is 0. The highest BCUT2D eigenvalue weighted by Crippen LogP contribution is 2.31. The van der Waals surface area contributed by atoms with Crippen LogP contribution < -0.4 is 0 Å². The third-order valence-electron chi connectivity index (χ3n) is 2.20. The minimum Gasteiger partial charge on any atom is -0.481 e. The number of carboxylic acid groups (broad SMARTS) is 1. The fraction of sp³-hybridized carbons (Fsp3) is 0.846. The van der Waals surface area contributed by atoms with Crippen molar-refractivity contribution in [1.82, 2.24) is 0 Å². The van der Waals surface area contributed by atoms with Crippen molar-refractivity contribution < 1.29 is 14.7 Å². The van der Waals surface area contributed by atoms with Crippen molar-refractivity contribution in [3.05, 3.63) is 0 Å². The smallest absolute Gasteiger partial charge is 0.303 e. The van der Waals surface area contributed by atoms with Crippen LogP contribution in [0.4, 0.5) is 0 Å². The molecule has 4 heteroatoms. The molecule has 100 valence electrons. The molecule has 0 spiro atoms. The number of rotatable bonds is 6. The van der Waals surface area contributed by atoms with E-state index in [1.165, 1.54) is 11.8 Å². The summed E-state index contributed by atoms with van der Waals surface area (Å²) < 4.78 is -0.102. The first kappa shape index (κ1) is 16.5. The van der Waals surface area contributed by atoms with Crippen molar-refractivity contribution in [2.75, 3.05) is 0 Å². The number of carbonyl (C=O) groups excluding carboxylic acids is 1. The van der Waals surface area contributed by atoms with Gasteiger partial charge in [0.1, 0.15) is 0 Å². The standard InChI is InChI=1S/C13H24O3S/c1-9(2)8-10(6-7-11(14)15)12(16)17-13(3,4)5/h9-10H,6-8H2,1-5H3,(H,14,15)/t10-/m0/s1. The predicted molar refractivity (Wildman–Crippen MR) is 72.2 cm³/mol. The summed E-state index contributed by atoms with van der Waals surface area (Å²) in [6.07, 6.45) is 1.30. The number of carbonyl (C=O) groups is 2. The molecule has 17 heavy (non-hydrogen) atoms. The van der Waals surface area contributed by atoms with Crippen LogP contribution in [0.1, 0.15) is 53.9 Å². The second-order valence-electron chi connectivity index (χ2n) is 5.79. The average molecular weight is 260 g/mol. The lowest BCUT2D eigenvalue weighted by Gasteiger charge is -2.22. The molecule has 0 unspecified atom stereocenters. The quantitative estimate of drug-likeness (QED) is 0.793. The third kappa shape index (κ3) is 9.22. The molecule has 0 heterocycles. The lowest BCUT2D eigenvalue weighted by molar-refractivity contribution is -0.137. The van der Waals surface area contributed by atoms with Gasteiger partial charge in [0.15, 0.2) is 5.12 Å². The Balaban J connectivity index is 4.45. The van der Waals surface area contributed by atoms with Crippen molar-refractivity contribution in [3.8, 4) is 0 Å². The Labute approximate surface area is 108 Å². The van der Waals surface area contributed by atoms with E-state index in [2.05, 4.69) is 13.8 Å². The Morgan fingerprint density at radius 1 is 1.24 bits per heavy atom. The highest BCUT2D eigenvalue weighted by molar-refractivity contribution is 8.14. The second-order valence-corrected chi connectivity index (χ2v) is 7.62. The molecule has 3 nitrogen and oxygen atoms in total. The fourth-order valence-electron chi connectivity index (χ4n) is 1.58. The van der Waals surface area contributed by atoms with Crippen LogP contribution in [0.2, 0.25) is 0 Å². The summed E-state index contributed by atoms with van der Waals surface area (Å²) in [6.45, 7) is 10.1. The third-order valence-corrected chi connectivity index (χ3v) is 3.35. The Kier molecular flexibility index (Phi) is 6.83. The monoisotopic (exact) mass is 260 g/mol. The van der Waals surface area contributed by atoms with Gasteiger partial charge in [-0.05, 0) is 18.8 Å². The maximum absolute atomic E-state index is 12.1. The Bertz CT molecular complexity index is 266. The molecule has 0 rings (SSSR count). The molecule has 0 radical (unpaired) electrons. The van der Waals surface area contributed by atoms with Crippen LogP contribution in [0.25, 0.3) is 0 Å². The molecule has 0 aromatic carbocycles. The lowest BCUT2D eigenvalue weighted by Crippen LogP contribution is -2.21. The first-order chi connectivity index (χ1) is 7.61. The van der Waals surface area contributed by atoms with Crippen molar-refractivity contribution >= 4 is 22.8 Å². The molecule has 0 saturated carbocycles. The Morgan fingerprint density at radius 2 is 1.76 bits per heavy atom. The number of thioether (sulfide) groups is 1. The number of hydrogen-bond acceptors (Lipinski definition) is 3. The van der Waals surface area contributed by atoms with E-state index in [0.29, 0.717) is 12.3 Å². The zero-order chi connectivity index (χ0) is 13.6. The molecule has 0 bridgehead atoms. The lowest BCUT2D eigenvalue weighted by atomic mass is 9.94. The van der Waals surface area contributed by atoms with E-state index >= 15 is 0 Å². The molecular weight excluding hydrogens is 236 g/mol. The molecule has 0 fully saturated rings. The number of hydrogen-bond donors (Lipinski definition) is 1. The summed E-state index contributed by atoms with van der Waals surface area (Å²) in [7, 11) is 0. The van der Waals surface area contributed by atoms with Crippen LogP contribution in [0.3, 0.4) is 0 Å². The normalized spacial score (nSPS) is 13.8. The van der Waals surface area contributed by atoms with Crippen LogP contribution in [0.15, 0.2) is 0 Å². The van der Waals surface area contributed by atoms with E-state index in [-0.39, 0.29) is 22.2 Å². The van der Waals surface area contributed by atoms with Gasteiger partial charge in [0, 0.05) is 17.1 Å². The zero-order valence-electron chi connectivity index (χ0n) is 11.4. The molecule has 0 aliphatic rings. The maximum Gasteiger partial charge on any atom is 0.303 e. The van der Waals surface area contributed by atoms with Crippen molar-refractivity contribution in [2.24, 2.45) is 11.8 Å². The Hall–Kier alpha value is -0.510. The highest BCUT2D eigenvalue weighted by Gasteiger charge is 2.25. The number of aliphatic carboxylic acids is 1. The predicted octanol–water partition coefficient (Wildman–Crippen LogP) is 3.57. The van der Waals surface area contributed by atoms with E-state index in [1.807, 2.05) is 20.8 Å². The van der Waals surface area contributed by atoms with E-state index in [1.54, 1.807) is 0 Å². The van der Waals surface area contributed by atoms with Crippen LogP contribution in [0.5, 0.6) is 0 Å². The van der Waals surface area contributed by atoms with E-state index in [9.17, 15) is 9.59 Å². The summed E-state index contributed by atoms with van der Waals surface area (Å²) in [5.41, 5.74) is 0. The van der Waals surface area contributed by atoms with E-state index in [0.717, 1.165) is 6.42 Å². The van der Waals surface area contributed by atoms with Crippen LogP contribution >= 0.6 is 11.8 Å². The van der Waals surface area contributed by atoms with Gasteiger partial charge in [0.25, 0.3) is 0 Å². The van der Waals surface area contributed by atoms with Crippen LogP contribution in [0, 0.1) is 11.8 Å². The average Bonchev–Trinajstić information content (AvgIpc) is 2.08. The molecule has 1 atom stereocenters. The molecule has 0 aliphatic carbocycles. The second kappa shape index (κ2) is 7.04. The summed E-state index contributed by atoms with van der Waals surface area (Å²) in [5.74, 6) is -0.541. The molecule has 0 amide bonds. The van der Waals surface area contributed by atoms with Crippen molar-refractivity contribution in [2.45, 2.75) is 58.6 Å². The molecule has 0 aromatic heterocycles. The first-order valence-electron chi connectivity index (χ1n) is 6.06. The van der Waals surface area contributed by atoms with Crippen LogP contribution in [-0.2, 0) is 9.59 Å². The van der Waals surface area contributed by atoms with Gasteiger partial charge >= 0.3 is 5.97 Å². The van der Waals surface area contributed by atoms with Gasteiger partial charge in [-0.25, -0.2) is 0 Å². The molecule has 1 N–H and O–H groups in total. The molecule has 0 saturated heterocycles. The first-order valence-corrected chi connectivity index (χ1v) is 6.88. The maximum atomic E-state index is 12.1. The molecular formula is C13H24O3S. The van der Waals surface area contributed by atoms with Gasteiger partial charge in [-0.15, -0.1) is 0 Å². The highest BCUT2D eigenvalue weighted by atomic mass is 32.2.